The summed E-state index contributed by atoms with van der Waals surface area (Å²) in [5, 5.41) is 0. The van der Waals surface area contributed by atoms with Crippen LogP contribution in [0.3, 0.4) is 0 Å². The van der Waals surface area contributed by atoms with E-state index in [-0.39, 0.29) is 16.8 Å². The average Bonchev–Trinajstić information content (AvgIpc) is 3.32. The zero-order chi connectivity index (χ0) is 20.1. The van der Waals surface area contributed by atoms with E-state index in [9.17, 15) is 9.59 Å². The first-order chi connectivity index (χ1) is 13.3. The van der Waals surface area contributed by atoms with Crippen LogP contribution in [0, 0.1) is 0 Å². The molecule has 4 rings (SSSR count). The van der Waals surface area contributed by atoms with Crippen LogP contribution in [0.25, 0.3) is 11.2 Å². The Morgan fingerprint density at radius 1 is 1.21 bits per heavy atom. The highest BCUT2D eigenvalue weighted by Crippen LogP contribution is 2.34. The normalized spacial score (nSPS) is 18.2. The molecule has 1 unspecified atom stereocenters. The second kappa shape index (κ2) is 6.70. The number of rotatable bonds is 4. The van der Waals surface area contributed by atoms with Gasteiger partial charge in [0.1, 0.15) is 0 Å². The number of hydrogen-bond donors (Lipinski definition) is 0. The maximum Gasteiger partial charge on any atom is 0.332 e. The number of fused-ring (bicyclic) bond motifs is 1. The van der Waals surface area contributed by atoms with Gasteiger partial charge >= 0.3 is 5.69 Å². The van der Waals surface area contributed by atoms with Gasteiger partial charge in [-0.25, -0.2) is 9.78 Å². The van der Waals surface area contributed by atoms with Crippen molar-refractivity contribution in [3.8, 4) is 0 Å². The summed E-state index contributed by atoms with van der Waals surface area (Å²) in [6.07, 6.45) is 7.65. The highest BCUT2D eigenvalue weighted by molar-refractivity contribution is 5.70. The summed E-state index contributed by atoms with van der Waals surface area (Å²) in [5.41, 5.74) is 1.07. The Morgan fingerprint density at radius 2 is 2.00 bits per heavy atom. The van der Waals surface area contributed by atoms with Crippen molar-refractivity contribution in [1.29, 1.82) is 0 Å². The second-order valence-corrected chi connectivity index (χ2v) is 8.22. The molecule has 1 fully saturated rings. The standard InChI is InChI=1S/C20H26N6O2/c1-20(2,12-25-10-6-8-15(25)14-7-5-9-21-11-14)26-13-22-17-16(26)18(27)24(4)19(28)23(17)3/h5,7,9,11,13,15H,6,8,10,12H2,1-4H3. The SMILES string of the molecule is Cn1c(=O)c2c(ncn2C(C)(C)CN2CCCC2c2cccnc2)n(C)c1=O. The van der Waals surface area contributed by atoms with Gasteiger partial charge in [-0.15, -0.1) is 0 Å². The molecular formula is C20H26N6O2. The molecular weight excluding hydrogens is 356 g/mol. The molecule has 0 aromatic carbocycles. The second-order valence-electron chi connectivity index (χ2n) is 8.22. The Kier molecular flexibility index (Phi) is 4.45. The summed E-state index contributed by atoms with van der Waals surface area (Å²) >= 11 is 0. The van der Waals surface area contributed by atoms with Crippen molar-refractivity contribution in [2.24, 2.45) is 14.1 Å². The minimum Gasteiger partial charge on any atom is -0.318 e. The lowest BCUT2D eigenvalue weighted by Crippen LogP contribution is -2.43. The van der Waals surface area contributed by atoms with Crippen LogP contribution in [0.2, 0.25) is 0 Å². The van der Waals surface area contributed by atoms with Crippen LogP contribution in [0.1, 0.15) is 38.3 Å². The van der Waals surface area contributed by atoms with Crippen molar-refractivity contribution in [1.82, 2.24) is 28.6 Å². The van der Waals surface area contributed by atoms with Crippen molar-refractivity contribution in [2.75, 3.05) is 13.1 Å². The lowest BCUT2D eigenvalue weighted by Gasteiger charge is -2.35. The average molecular weight is 382 g/mol. The molecule has 1 saturated heterocycles. The molecule has 0 radical (unpaired) electrons. The quantitative estimate of drug-likeness (QED) is 0.682. The highest BCUT2D eigenvalue weighted by atomic mass is 16.2. The van der Waals surface area contributed by atoms with Crippen molar-refractivity contribution < 1.29 is 0 Å². The van der Waals surface area contributed by atoms with E-state index in [4.69, 9.17) is 0 Å². The van der Waals surface area contributed by atoms with Crippen LogP contribution in [-0.4, -0.2) is 41.7 Å². The number of imidazole rings is 1. The molecule has 8 nitrogen and oxygen atoms in total. The zero-order valence-electron chi connectivity index (χ0n) is 16.8. The molecule has 3 aromatic heterocycles. The number of hydrogen-bond acceptors (Lipinski definition) is 5. The monoisotopic (exact) mass is 382 g/mol. The lowest BCUT2D eigenvalue weighted by atomic mass is 10.0. The van der Waals surface area contributed by atoms with E-state index in [0.717, 1.165) is 30.5 Å². The van der Waals surface area contributed by atoms with Crippen LogP contribution >= 0.6 is 0 Å². The fraction of sp³-hybridized carbons (Fsp3) is 0.500. The third-order valence-electron chi connectivity index (χ3n) is 5.82. The summed E-state index contributed by atoms with van der Waals surface area (Å²) in [7, 11) is 3.15. The largest absolute Gasteiger partial charge is 0.332 e. The minimum absolute atomic E-state index is 0.311. The number of nitrogens with zero attached hydrogens (tertiary/aromatic N) is 6. The molecule has 1 aliphatic rings. The van der Waals surface area contributed by atoms with Gasteiger partial charge in [0.15, 0.2) is 11.2 Å². The van der Waals surface area contributed by atoms with Crippen LogP contribution in [-0.2, 0) is 19.6 Å². The molecule has 3 aromatic rings. The predicted molar refractivity (Wildman–Crippen MR) is 107 cm³/mol. The van der Waals surface area contributed by atoms with Gasteiger partial charge in [0.05, 0.1) is 11.9 Å². The van der Waals surface area contributed by atoms with Crippen molar-refractivity contribution in [3.63, 3.8) is 0 Å². The van der Waals surface area contributed by atoms with Gasteiger partial charge in [-0.1, -0.05) is 6.07 Å². The lowest BCUT2D eigenvalue weighted by molar-refractivity contribution is 0.170. The highest BCUT2D eigenvalue weighted by Gasteiger charge is 2.33. The van der Waals surface area contributed by atoms with Crippen molar-refractivity contribution >= 4 is 11.2 Å². The van der Waals surface area contributed by atoms with E-state index in [1.165, 1.54) is 17.2 Å². The summed E-state index contributed by atoms with van der Waals surface area (Å²) in [5.74, 6) is 0. The minimum atomic E-state index is -0.372. The van der Waals surface area contributed by atoms with Gasteiger partial charge in [-0.3, -0.25) is 23.8 Å². The molecule has 4 heterocycles. The molecule has 0 aliphatic carbocycles. The van der Waals surface area contributed by atoms with E-state index in [2.05, 4.69) is 34.8 Å². The molecule has 1 atom stereocenters. The van der Waals surface area contributed by atoms with Gasteiger partial charge in [0.25, 0.3) is 5.56 Å². The number of aromatic nitrogens is 5. The molecule has 148 valence electrons. The smallest absolute Gasteiger partial charge is 0.318 e. The molecule has 28 heavy (non-hydrogen) atoms. The number of aryl methyl sites for hydroxylation is 1. The van der Waals surface area contributed by atoms with E-state index in [1.807, 2.05) is 16.8 Å². The number of pyridine rings is 1. The Labute approximate surface area is 163 Å². The van der Waals surface area contributed by atoms with E-state index >= 15 is 0 Å². The molecule has 0 bridgehead atoms. The van der Waals surface area contributed by atoms with Gasteiger partial charge in [0, 0.05) is 39.1 Å². The summed E-state index contributed by atoms with van der Waals surface area (Å²) in [6.45, 7) is 5.99. The Morgan fingerprint density at radius 3 is 2.71 bits per heavy atom. The van der Waals surface area contributed by atoms with Crippen LogP contribution in [0.4, 0.5) is 0 Å². The third-order valence-corrected chi connectivity index (χ3v) is 5.82. The van der Waals surface area contributed by atoms with E-state index in [0.29, 0.717) is 17.2 Å². The fourth-order valence-electron chi connectivity index (χ4n) is 4.34. The zero-order valence-corrected chi connectivity index (χ0v) is 16.8. The maximum absolute atomic E-state index is 12.8. The van der Waals surface area contributed by atoms with E-state index in [1.54, 1.807) is 19.6 Å². The first-order valence-electron chi connectivity index (χ1n) is 9.59. The predicted octanol–water partition coefficient (Wildman–Crippen LogP) is 1.40. The first kappa shape index (κ1) is 18.6. The number of likely N-dealkylation sites (tertiary alicyclic amines) is 1. The summed E-state index contributed by atoms with van der Waals surface area (Å²) in [6, 6.07) is 4.43. The van der Waals surface area contributed by atoms with Crippen molar-refractivity contribution in [3.05, 3.63) is 57.3 Å². The molecule has 0 N–H and O–H groups in total. The Hall–Kier alpha value is -2.74. The molecule has 8 heteroatoms. The summed E-state index contributed by atoms with van der Waals surface area (Å²) in [4.78, 5) is 36.1. The molecule has 0 amide bonds. The Balaban J connectivity index is 1.73. The van der Waals surface area contributed by atoms with Gasteiger partial charge in [0.2, 0.25) is 0 Å². The molecule has 0 saturated carbocycles. The maximum atomic E-state index is 12.8. The third kappa shape index (κ3) is 2.88. The van der Waals surface area contributed by atoms with Gasteiger partial charge in [-0.05, 0) is 44.9 Å². The van der Waals surface area contributed by atoms with Gasteiger partial charge < -0.3 is 4.57 Å². The first-order valence-corrected chi connectivity index (χ1v) is 9.59. The van der Waals surface area contributed by atoms with Crippen molar-refractivity contribution in [2.45, 2.75) is 38.3 Å². The van der Waals surface area contributed by atoms with E-state index < -0.39 is 0 Å². The van der Waals surface area contributed by atoms with Crippen LogP contribution < -0.4 is 11.2 Å². The molecule has 0 spiro atoms. The van der Waals surface area contributed by atoms with Crippen LogP contribution in [0.15, 0.2) is 40.4 Å². The topological polar surface area (TPSA) is 78.0 Å². The Bertz CT molecular complexity index is 1130. The fourth-order valence-corrected chi connectivity index (χ4v) is 4.34. The molecule has 1 aliphatic heterocycles. The van der Waals surface area contributed by atoms with Crippen LogP contribution in [0.5, 0.6) is 0 Å². The van der Waals surface area contributed by atoms with Gasteiger partial charge in [-0.2, -0.15) is 0 Å². The summed E-state index contributed by atoms with van der Waals surface area (Å²) < 4.78 is 4.49.